The SMILES string of the molecule is CC(C)(C)OC(=O)NNC(=O)c1cccc(F)c1Br. The summed E-state index contributed by atoms with van der Waals surface area (Å²) in [7, 11) is 0. The first-order chi connectivity index (χ1) is 8.70. The van der Waals surface area contributed by atoms with Crippen LogP contribution in [0.5, 0.6) is 0 Å². The highest BCUT2D eigenvalue weighted by Crippen LogP contribution is 2.19. The number of hydrogen-bond donors (Lipinski definition) is 2. The molecule has 0 aliphatic rings. The monoisotopic (exact) mass is 332 g/mol. The first-order valence-corrected chi connectivity index (χ1v) is 6.23. The van der Waals surface area contributed by atoms with E-state index in [4.69, 9.17) is 4.74 Å². The van der Waals surface area contributed by atoms with E-state index in [0.29, 0.717) is 0 Å². The maximum atomic E-state index is 13.2. The Kier molecular flexibility index (Phi) is 4.88. The van der Waals surface area contributed by atoms with Gasteiger partial charge in [-0.3, -0.25) is 10.2 Å². The molecule has 1 aromatic carbocycles. The van der Waals surface area contributed by atoms with E-state index in [1.54, 1.807) is 20.8 Å². The van der Waals surface area contributed by atoms with Gasteiger partial charge in [0.1, 0.15) is 11.4 Å². The number of benzene rings is 1. The molecular formula is C12H14BrFN2O3. The number of carbonyl (C=O) groups excluding carboxylic acids is 2. The highest BCUT2D eigenvalue weighted by atomic mass is 79.9. The van der Waals surface area contributed by atoms with E-state index in [1.165, 1.54) is 18.2 Å². The lowest BCUT2D eigenvalue weighted by Gasteiger charge is -2.19. The lowest BCUT2D eigenvalue weighted by Crippen LogP contribution is -2.44. The van der Waals surface area contributed by atoms with Crippen LogP contribution in [0.3, 0.4) is 0 Å². The van der Waals surface area contributed by atoms with Crippen molar-refractivity contribution < 1.29 is 18.7 Å². The van der Waals surface area contributed by atoms with E-state index in [2.05, 4.69) is 26.8 Å². The zero-order valence-corrected chi connectivity index (χ0v) is 12.3. The minimum Gasteiger partial charge on any atom is -0.443 e. The van der Waals surface area contributed by atoms with Gasteiger partial charge in [0.15, 0.2) is 0 Å². The number of amides is 2. The third-order valence-corrected chi connectivity index (χ3v) is 2.68. The summed E-state index contributed by atoms with van der Waals surface area (Å²) in [6, 6.07) is 4.02. The topological polar surface area (TPSA) is 67.4 Å². The summed E-state index contributed by atoms with van der Waals surface area (Å²) in [6.45, 7) is 5.08. The van der Waals surface area contributed by atoms with Crippen LogP contribution in [0, 0.1) is 5.82 Å². The van der Waals surface area contributed by atoms with Crippen molar-refractivity contribution in [3.05, 3.63) is 34.1 Å². The maximum Gasteiger partial charge on any atom is 0.426 e. The van der Waals surface area contributed by atoms with Crippen LogP contribution in [-0.2, 0) is 4.74 Å². The highest BCUT2D eigenvalue weighted by molar-refractivity contribution is 9.10. The van der Waals surface area contributed by atoms with Crippen LogP contribution in [0.4, 0.5) is 9.18 Å². The number of nitrogens with one attached hydrogen (secondary N) is 2. The summed E-state index contributed by atoms with van der Waals surface area (Å²) in [4.78, 5) is 23.0. The Bertz CT molecular complexity index is 500. The van der Waals surface area contributed by atoms with Gasteiger partial charge in [-0.15, -0.1) is 0 Å². The Balaban J connectivity index is 2.61. The molecule has 104 valence electrons. The molecule has 0 spiro atoms. The Hall–Kier alpha value is -1.63. The van der Waals surface area contributed by atoms with Gasteiger partial charge in [0.25, 0.3) is 5.91 Å². The number of carbonyl (C=O) groups is 2. The number of halogens is 2. The second kappa shape index (κ2) is 6.01. The lowest BCUT2D eigenvalue weighted by molar-refractivity contribution is 0.0483. The molecule has 0 unspecified atom stereocenters. The average Bonchev–Trinajstić information content (AvgIpc) is 2.27. The fraction of sp³-hybridized carbons (Fsp3) is 0.333. The molecule has 2 N–H and O–H groups in total. The molecule has 0 heterocycles. The molecule has 0 aliphatic heterocycles. The summed E-state index contributed by atoms with van der Waals surface area (Å²) in [6.07, 6.45) is -0.798. The number of rotatable bonds is 1. The summed E-state index contributed by atoms with van der Waals surface area (Å²) in [5, 5.41) is 0. The quantitative estimate of drug-likeness (QED) is 0.777. The third kappa shape index (κ3) is 4.86. The molecule has 1 rings (SSSR count). The smallest absolute Gasteiger partial charge is 0.426 e. The number of hydrogen-bond acceptors (Lipinski definition) is 3. The van der Waals surface area contributed by atoms with Crippen molar-refractivity contribution in [2.24, 2.45) is 0 Å². The first kappa shape index (κ1) is 15.4. The predicted octanol–water partition coefficient (Wildman–Crippen LogP) is 2.76. The summed E-state index contributed by atoms with van der Waals surface area (Å²) >= 11 is 2.96. The summed E-state index contributed by atoms with van der Waals surface area (Å²) in [5.41, 5.74) is 3.60. The largest absolute Gasteiger partial charge is 0.443 e. The zero-order chi connectivity index (χ0) is 14.6. The van der Waals surface area contributed by atoms with E-state index in [9.17, 15) is 14.0 Å². The molecule has 19 heavy (non-hydrogen) atoms. The van der Waals surface area contributed by atoms with E-state index in [1.807, 2.05) is 0 Å². The van der Waals surface area contributed by atoms with E-state index in [0.717, 1.165) is 0 Å². The van der Waals surface area contributed by atoms with Crippen LogP contribution in [-0.4, -0.2) is 17.6 Å². The van der Waals surface area contributed by atoms with E-state index in [-0.39, 0.29) is 10.0 Å². The van der Waals surface area contributed by atoms with Crippen molar-refractivity contribution in [1.29, 1.82) is 0 Å². The average molecular weight is 333 g/mol. The van der Waals surface area contributed by atoms with Gasteiger partial charge < -0.3 is 4.74 Å². The van der Waals surface area contributed by atoms with Crippen LogP contribution in [0.25, 0.3) is 0 Å². The summed E-state index contributed by atoms with van der Waals surface area (Å²) < 4.78 is 18.2. The molecule has 0 radical (unpaired) electrons. The van der Waals surface area contributed by atoms with Gasteiger partial charge in [-0.1, -0.05) is 6.07 Å². The van der Waals surface area contributed by atoms with Crippen molar-refractivity contribution >= 4 is 27.9 Å². The zero-order valence-electron chi connectivity index (χ0n) is 10.7. The Labute approximate surface area is 118 Å². The minimum absolute atomic E-state index is 0.0264. The van der Waals surface area contributed by atoms with Gasteiger partial charge in [-0.25, -0.2) is 14.6 Å². The molecule has 0 fully saturated rings. The van der Waals surface area contributed by atoms with Crippen LogP contribution in [0.2, 0.25) is 0 Å². The Morgan fingerprint density at radius 3 is 2.47 bits per heavy atom. The normalized spacial score (nSPS) is 10.8. The van der Waals surface area contributed by atoms with Gasteiger partial charge >= 0.3 is 6.09 Å². The van der Waals surface area contributed by atoms with Gasteiger partial charge in [0, 0.05) is 0 Å². The molecule has 0 saturated heterocycles. The van der Waals surface area contributed by atoms with E-state index < -0.39 is 23.4 Å². The van der Waals surface area contributed by atoms with Gasteiger partial charge in [0.2, 0.25) is 0 Å². The predicted molar refractivity (Wildman–Crippen MR) is 70.9 cm³/mol. The van der Waals surface area contributed by atoms with Crippen LogP contribution < -0.4 is 10.9 Å². The van der Waals surface area contributed by atoms with Gasteiger partial charge in [0.05, 0.1) is 10.0 Å². The standard InChI is InChI=1S/C12H14BrFN2O3/c1-12(2,3)19-11(18)16-15-10(17)7-5-4-6-8(14)9(7)13/h4-6H,1-3H3,(H,15,17)(H,16,18). The highest BCUT2D eigenvalue weighted by Gasteiger charge is 2.18. The molecule has 2 amide bonds. The molecule has 0 atom stereocenters. The molecule has 7 heteroatoms. The fourth-order valence-electron chi connectivity index (χ4n) is 1.16. The first-order valence-electron chi connectivity index (χ1n) is 5.44. The van der Waals surface area contributed by atoms with Crippen molar-refractivity contribution in [3.63, 3.8) is 0 Å². The molecule has 0 aromatic heterocycles. The van der Waals surface area contributed by atoms with Crippen molar-refractivity contribution in [3.8, 4) is 0 Å². The van der Waals surface area contributed by atoms with Crippen molar-refractivity contribution in [1.82, 2.24) is 10.9 Å². The molecule has 0 bridgehead atoms. The lowest BCUT2D eigenvalue weighted by atomic mass is 10.2. The molecule has 0 saturated carbocycles. The van der Waals surface area contributed by atoms with E-state index >= 15 is 0 Å². The molecule has 1 aromatic rings. The Morgan fingerprint density at radius 1 is 1.26 bits per heavy atom. The van der Waals surface area contributed by atoms with Crippen LogP contribution in [0.15, 0.2) is 22.7 Å². The third-order valence-electron chi connectivity index (χ3n) is 1.87. The Morgan fingerprint density at radius 2 is 1.89 bits per heavy atom. The molecule has 0 aliphatic carbocycles. The molecular weight excluding hydrogens is 319 g/mol. The van der Waals surface area contributed by atoms with Crippen molar-refractivity contribution in [2.45, 2.75) is 26.4 Å². The summed E-state index contributed by atoms with van der Waals surface area (Å²) in [5.74, 6) is -1.22. The van der Waals surface area contributed by atoms with Crippen LogP contribution in [0.1, 0.15) is 31.1 Å². The second-order valence-electron chi connectivity index (χ2n) is 4.68. The van der Waals surface area contributed by atoms with Crippen molar-refractivity contribution in [2.75, 3.05) is 0 Å². The van der Waals surface area contributed by atoms with Gasteiger partial charge in [-0.05, 0) is 48.8 Å². The second-order valence-corrected chi connectivity index (χ2v) is 5.48. The molecule has 5 nitrogen and oxygen atoms in total. The number of ether oxygens (including phenoxy) is 1. The van der Waals surface area contributed by atoms with Gasteiger partial charge in [-0.2, -0.15) is 0 Å². The maximum absolute atomic E-state index is 13.2. The minimum atomic E-state index is -0.798. The fourth-order valence-corrected chi connectivity index (χ4v) is 1.60. The number of hydrazine groups is 1. The van der Waals surface area contributed by atoms with Crippen LogP contribution >= 0.6 is 15.9 Å².